The number of hydrogen-bond donors (Lipinski definition) is 2. The third kappa shape index (κ3) is 5.47. The molecule has 0 saturated carbocycles. The van der Waals surface area contributed by atoms with E-state index < -0.39 is 30.5 Å². The smallest absolute Gasteiger partial charge is 0.310 e. The van der Waals surface area contributed by atoms with Crippen molar-refractivity contribution in [2.75, 3.05) is 25.6 Å². The molecule has 1 aliphatic heterocycles. The van der Waals surface area contributed by atoms with Crippen LogP contribution in [0.5, 0.6) is 11.5 Å². The Kier molecular flexibility index (Phi) is 6.67. The molecule has 3 rings (SSSR count). The van der Waals surface area contributed by atoms with Gasteiger partial charge in [0.15, 0.2) is 12.7 Å². The van der Waals surface area contributed by atoms with E-state index >= 15 is 0 Å². The SMILES string of the molecule is COc1ccccc1CCNC(=O)COC(=O)C[C@H]1Oc2ccccc2NC1=O. The number of ether oxygens (including phenoxy) is 3. The Labute approximate surface area is 168 Å². The lowest BCUT2D eigenvalue weighted by Crippen LogP contribution is -2.39. The van der Waals surface area contributed by atoms with Crippen molar-refractivity contribution in [3.63, 3.8) is 0 Å². The van der Waals surface area contributed by atoms with Gasteiger partial charge in [0.2, 0.25) is 0 Å². The molecule has 152 valence electrons. The fourth-order valence-electron chi connectivity index (χ4n) is 2.88. The largest absolute Gasteiger partial charge is 0.496 e. The number of nitrogens with one attached hydrogen (secondary N) is 2. The van der Waals surface area contributed by atoms with Crippen LogP contribution in [0.3, 0.4) is 0 Å². The Hall–Kier alpha value is -3.55. The number of amides is 2. The molecule has 2 amide bonds. The normalized spacial score (nSPS) is 14.8. The average molecular weight is 398 g/mol. The van der Waals surface area contributed by atoms with Crippen LogP contribution >= 0.6 is 0 Å². The number of para-hydroxylation sites is 3. The van der Waals surface area contributed by atoms with Crippen LogP contribution in [-0.2, 0) is 25.5 Å². The summed E-state index contributed by atoms with van der Waals surface area (Å²) in [6, 6.07) is 14.5. The summed E-state index contributed by atoms with van der Waals surface area (Å²) in [6.45, 7) is -0.0443. The van der Waals surface area contributed by atoms with Gasteiger partial charge in [-0.1, -0.05) is 30.3 Å². The van der Waals surface area contributed by atoms with Crippen LogP contribution in [-0.4, -0.2) is 44.1 Å². The molecule has 2 aromatic rings. The summed E-state index contributed by atoms with van der Waals surface area (Å²) in [5, 5.41) is 5.35. The first-order valence-corrected chi connectivity index (χ1v) is 9.17. The molecule has 29 heavy (non-hydrogen) atoms. The fraction of sp³-hybridized carbons (Fsp3) is 0.286. The Balaban J connectivity index is 1.39. The first-order chi connectivity index (χ1) is 14.1. The second kappa shape index (κ2) is 9.59. The lowest BCUT2D eigenvalue weighted by molar-refractivity contribution is -0.151. The van der Waals surface area contributed by atoms with Crippen molar-refractivity contribution >= 4 is 23.5 Å². The van der Waals surface area contributed by atoms with Gasteiger partial charge in [0.25, 0.3) is 11.8 Å². The van der Waals surface area contributed by atoms with Gasteiger partial charge in [-0.2, -0.15) is 0 Å². The Morgan fingerprint density at radius 2 is 1.90 bits per heavy atom. The second-order valence-electron chi connectivity index (χ2n) is 6.37. The predicted molar refractivity (Wildman–Crippen MR) is 105 cm³/mol. The van der Waals surface area contributed by atoms with E-state index in [1.165, 1.54) is 0 Å². The molecule has 0 radical (unpaired) electrons. The quantitative estimate of drug-likeness (QED) is 0.656. The summed E-state index contributed by atoms with van der Waals surface area (Å²) < 4.78 is 15.7. The molecule has 1 atom stereocenters. The van der Waals surface area contributed by atoms with Crippen LogP contribution in [0, 0.1) is 0 Å². The molecule has 0 aliphatic carbocycles. The molecule has 1 aliphatic rings. The van der Waals surface area contributed by atoms with Gasteiger partial charge in [-0.25, -0.2) is 0 Å². The average Bonchev–Trinajstić information content (AvgIpc) is 2.73. The van der Waals surface area contributed by atoms with Crippen molar-refractivity contribution in [2.45, 2.75) is 18.9 Å². The minimum Gasteiger partial charge on any atom is -0.496 e. The van der Waals surface area contributed by atoms with Crippen LogP contribution < -0.4 is 20.1 Å². The number of fused-ring (bicyclic) bond motifs is 1. The van der Waals surface area contributed by atoms with E-state index in [1.807, 2.05) is 24.3 Å². The van der Waals surface area contributed by atoms with Crippen molar-refractivity contribution in [3.8, 4) is 11.5 Å². The van der Waals surface area contributed by atoms with Gasteiger partial charge in [-0.05, 0) is 30.2 Å². The van der Waals surface area contributed by atoms with Crippen LogP contribution in [0.4, 0.5) is 5.69 Å². The molecule has 2 aromatic carbocycles. The molecule has 8 heteroatoms. The Bertz CT molecular complexity index is 898. The van der Waals surface area contributed by atoms with Gasteiger partial charge in [0.1, 0.15) is 11.5 Å². The van der Waals surface area contributed by atoms with E-state index in [0.717, 1.165) is 11.3 Å². The highest BCUT2D eigenvalue weighted by atomic mass is 16.5. The minimum absolute atomic E-state index is 0.283. The highest BCUT2D eigenvalue weighted by Gasteiger charge is 2.30. The lowest BCUT2D eigenvalue weighted by atomic mass is 10.1. The molecule has 8 nitrogen and oxygen atoms in total. The molecular formula is C21H22N2O6. The summed E-state index contributed by atoms with van der Waals surface area (Å²) >= 11 is 0. The van der Waals surface area contributed by atoms with E-state index in [1.54, 1.807) is 31.4 Å². The standard InChI is InChI=1S/C21H22N2O6/c1-27-16-8-4-2-6-14(16)10-11-22-19(24)13-28-20(25)12-18-21(26)23-15-7-3-5-9-17(15)29-18/h2-9,18H,10-13H2,1H3,(H,22,24)(H,23,26)/t18-/m1/s1. The number of rotatable bonds is 8. The van der Waals surface area contributed by atoms with Crippen LogP contribution in [0.1, 0.15) is 12.0 Å². The molecular weight excluding hydrogens is 376 g/mol. The molecule has 0 unspecified atom stereocenters. The third-order valence-electron chi connectivity index (χ3n) is 4.33. The van der Waals surface area contributed by atoms with Gasteiger partial charge < -0.3 is 24.8 Å². The van der Waals surface area contributed by atoms with E-state index in [2.05, 4.69) is 10.6 Å². The van der Waals surface area contributed by atoms with Gasteiger partial charge in [0, 0.05) is 6.54 Å². The summed E-state index contributed by atoms with van der Waals surface area (Å²) in [6.07, 6.45) is -0.695. The highest BCUT2D eigenvalue weighted by molar-refractivity contribution is 5.99. The predicted octanol–water partition coefficient (Wildman–Crippen LogP) is 1.69. The zero-order valence-corrected chi connectivity index (χ0v) is 16.0. The maximum Gasteiger partial charge on any atom is 0.310 e. The Morgan fingerprint density at radius 3 is 2.72 bits per heavy atom. The summed E-state index contributed by atoms with van der Waals surface area (Å²) in [7, 11) is 1.59. The minimum atomic E-state index is -0.994. The van der Waals surface area contributed by atoms with Gasteiger partial charge in [-0.15, -0.1) is 0 Å². The topological polar surface area (TPSA) is 103 Å². The summed E-state index contributed by atoms with van der Waals surface area (Å²) in [4.78, 5) is 35.9. The van der Waals surface area contributed by atoms with Gasteiger partial charge in [0.05, 0.1) is 19.2 Å². The van der Waals surface area contributed by atoms with Crippen LogP contribution in [0.25, 0.3) is 0 Å². The van der Waals surface area contributed by atoms with E-state index in [4.69, 9.17) is 14.2 Å². The zero-order chi connectivity index (χ0) is 20.6. The first-order valence-electron chi connectivity index (χ1n) is 9.17. The number of carbonyl (C=O) groups excluding carboxylic acids is 3. The maximum atomic E-state index is 12.0. The number of carbonyl (C=O) groups is 3. The molecule has 0 bridgehead atoms. The first kappa shape index (κ1) is 20.2. The molecule has 0 spiro atoms. The van der Waals surface area contributed by atoms with Crippen molar-refractivity contribution in [3.05, 3.63) is 54.1 Å². The van der Waals surface area contributed by atoms with Crippen molar-refractivity contribution in [1.29, 1.82) is 0 Å². The second-order valence-corrected chi connectivity index (χ2v) is 6.37. The Morgan fingerprint density at radius 1 is 1.14 bits per heavy atom. The van der Waals surface area contributed by atoms with Crippen molar-refractivity contribution in [2.24, 2.45) is 0 Å². The van der Waals surface area contributed by atoms with Crippen molar-refractivity contribution < 1.29 is 28.6 Å². The number of methoxy groups -OCH3 is 1. The molecule has 0 saturated heterocycles. The molecule has 1 heterocycles. The number of benzene rings is 2. The van der Waals surface area contributed by atoms with E-state index in [0.29, 0.717) is 24.4 Å². The fourth-order valence-corrected chi connectivity index (χ4v) is 2.88. The number of anilines is 1. The molecule has 0 fully saturated rings. The highest BCUT2D eigenvalue weighted by Crippen LogP contribution is 2.29. The molecule has 0 aromatic heterocycles. The number of hydrogen-bond acceptors (Lipinski definition) is 6. The van der Waals surface area contributed by atoms with Crippen molar-refractivity contribution in [1.82, 2.24) is 5.32 Å². The third-order valence-corrected chi connectivity index (χ3v) is 4.33. The lowest BCUT2D eigenvalue weighted by Gasteiger charge is -2.25. The number of esters is 1. The van der Waals surface area contributed by atoms with Gasteiger partial charge in [-0.3, -0.25) is 14.4 Å². The zero-order valence-electron chi connectivity index (χ0n) is 16.0. The monoisotopic (exact) mass is 398 g/mol. The van der Waals surface area contributed by atoms with E-state index in [9.17, 15) is 14.4 Å². The van der Waals surface area contributed by atoms with Gasteiger partial charge >= 0.3 is 5.97 Å². The maximum absolute atomic E-state index is 12.0. The summed E-state index contributed by atoms with van der Waals surface area (Å²) in [5.41, 5.74) is 1.52. The van der Waals surface area contributed by atoms with Crippen LogP contribution in [0.15, 0.2) is 48.5 Å². The van der Waals surface area contributed by atoms with E-state index in [-0.39, 0.29) is 6.42 Å². The molecule has 2 N–H and O–H groups in total. The van der Waals surface area contributed by atoms with Crippen LogP contribution in [0.2, 0.25) is 0 Å². The summed E-state index contributed by atoms with van der Waals surface area (Å²) in [5.74, 6) is -0.307.